The second-order valence-corrected chi connectivity index (χ2v) is 11.9. The zero-order valence-corrected chi connectivity index (χ0v) is 22.3. The van der Waals surface area contributed by atoms with Crippen molar-refractivity contribution in [3.8, 4) is 16.8 Å². The third-order valence-corrected chi connectivity index (χ3v) is 8.91. The molecule has 0 saturated carbocycles. The quantitative estimate of drug-likeness (QED) is 0.258. The van der Waals surface area contributed by atoms with Crippen molar-refractivity contribution in [1.29, 1.82) is 0 Å². The molecule has 1 fully saturated rings. The van der Waals surface area contributed by atoms with Gasteiger partial charge < -0.3 is 9.31 Å². The van der Waals surface area contributed by atoms with Crippen molar-refractivity contribution < 1.29 is 9.31 Å². The molecule has 37 heavy (non-hydrogen) atoms. The third kappa shape index (κ3) is 3.02. The third-order valence-electron chi connectivity index (χ3n) is 8.91. The summed E-state index contributed by atoms with van der Waals surface area (Å²) in [6, 6.07) is 26.1. The van der Waals surface area contributed by atoms with Crippen molar-refractivity contribution in [2.45, 2.75) is 58.2 Å². The molecule has 184 valence electrons. The largest absolute Gasteiger partial charge is 0.495 e. The average molecular weight is 486 g/mol. The number of rotatable bonds is 2. The highest BCUT2D eigenvalue weighted by molar-refractivity contribution is 6.64. The van der Waals surface area contributed by atoms with Crippen LogP contribution < -0.4 is 5.46 Å². The van der Waals surface area contributed by atoms with Gasteiger partial charge in [0.2, 0.25) is 0 Å². The minimum absolute atomic E-state index is 0.160. The summed E-state index contributed by atoms with van der Waals surface area (Å²) in [5.41, 5.74) is 8.57. The first kappa shape index (κ1) is 22.8. The maximum absolute atomic E-state index is 6.50. The summed E-state index contributed by atoms with van der Waals surface area (Å²) in [5.74, 6) is 0. The molecule has 2 aliphatic rings. The molecule has 0 N–H and O–H groups in total. The van der Waals surface area contributed by atoms with Crippen LogP contribution in [-0.4, -0.2) is 27.9 Å². The summed E-state index contributed by atoms with van der Waals surface area (Å²) in [6.07, 6.45) is 1.88. The van der Waals surface area contributed by atoms with E-state index in [0.717, 1.165) is 16.8 Å². The molecule has 1 aliphatic carbocycles. The van der Waals surface area contributed by atoms with Crippen LogP contribution >= 0.6 is 0 Å². The van der Waals surface area contributed by atoms with E-state index < -0.39 is 7.12 Å². The molecule has 0 spiro atoms. The fraction of sp³-hybridized carbons (Fsp3) is 0.281. The number of hydrogen-bond donors (Lipinski definition) is 0. The lowest BCUT2D eigenvalue weighted by Gasteiger charge is -2.32. The number of nitrogens with zero attached hydrogens (tertiary/aromatic N) is 2. The van der Waals surface area contributed by atoms with Gasteiger partial charge >= 0.3 is 7.12 Å². The van der Waals surface area contributed by atoms with Crippen molar-refractivity contribution >= 4 is 34.5 Å². The zero-order valence-electron chi connectivity index (χ0n) is 22.3. The van der Waals surface area contributed by atoms with Crippen LogP contribution in [0.4, 0.5) is 0 Å². The van der Waals surface area contributed by atoms with Gasteiger partial charge in [0.1, 0.15) is 5.65 Å². The number of fused-ring (bicyclic) bond motifs is 6. The van der Waals surface area contributed by atoms with E-state index in [1.54, 1.807) is 0 Å². The maximum atomic E-state index is 6.50. The Morgan fingerprint density at radius 3 is 2.24 bits per heavy atom. The van der Waals surface area contributed by atoms with Crippen LogP contribution in [0.5, 0.6) is 0 Å². The molecule has 0 unspecified atom stereocenters. The van der Waals surface area contributed by atoms with Gasteiger partial charge in [0.15, 0.2) is 0 Å². The van der Waals surface area contributed by atoms with E-state index in [2.05, 4.69) is 113 Å². The highest BCUT2D eigenvalue weighted by Gasteiger charge is 2.53. The molecule has 4 nitrogen and oxygen atoms in total. The smallest absolute Gasteiger partial charge is 0.399 e. The molecule has 0 atom stereocenters. The Balaban J connectivity index is 1.43. The number of para-hydroxylation sites is 1. The van der Waals surface area contributed by atoms with Crippen molar-refractivity contribution in [3.05, 3.63) is 90.1 Å². The lowest BCUT2D eigenvalue weighted by atomic mass is 9.73. The van der Waals surface area contributed by atoms with E-state index in [1.165, 1.54) is 38.5 Å². The molecule has 5 aromatic rings. The van der Waals surface area contributed by atoms with E-state index >= 15 is 0 Å². The summed E-state index contributed by atoms with van der Waals surface area (Å²) in [5, 5.41) is 2.39. The van der Waals surface area contributed by atoms with Crippen molar-refractivity contribution in [1.82, 2.24) is 9.55 Å². The van der Waals surface area contributed by atoms with Gasteiger partial charge in [-0.05, 0) is 85.7 Å². The molecule has 0 amide bonds. The van der Waals surface area contributed by atoms with E-state index in [-0.39, 0.29) is 16.6 Å². The SMILES string of the molecule is CC1(C)c2cc(-n3c4ccccc4c4cccnc43)ccc2-c2c(B3OC(C)(C)C(C)(C)O3)cccc21. The summed E-state index contributed by atoms with van der Waals surface area (Å²) < 4.78 is 15.3. The lowest BCUT2D eigenvalue weighted by Crippen LogP contribution is -2.41. The minimum Gasteiger partial charge on any atom is -0.399 e. The standard InChI is InChI=1S/C32H31BN2O2/c1-30(2)24-13-9-14-26(33-36-31(3,4)32(5,6)37-33)28(24)23-17-16-20(19-25(23)30)35-27-15-8-7-11-21(27)22-12-10-18-34-29(22)35/h7-19H,1-6H3. The summed E-state index contributed by atoms with van der Waals surface area (Å²) in [7, 11) is -0.400. The van der Waals surface area contributed by atoms with E-state index in [9.17, 15) is 0 Å². The Labute approximate surface area is 218 Å². The molecule has 3 aromatic carbocycles. The summed E-state index contributed by atoms with van der Waals surface area (Å²) in [4.78, 5) is 4.79. The summed E-state index contributed by atoms with van der Waals surface area (Å²) in [6.45, 7) is 13.1. The molecule has 0 bridgehead atoms. The van der Waals surface area contributed by atoms with Crippen molar-refractivity contribution in [3.63, 3.8) is 0 Å². The van der Waals surface area contributed by atoms with Gasteiger partial charge in [-0.2, -0.15) is 0 Å². The molecule has 2 aromatic heterocycles. The van der Waals surface area contributed by atoms with E-state index in [4.69, 9.17) is 14.3 Å². The van der Waals surface area contributed by atoms with Gasteiger partial charge in [-0.1, -0.05) is 56.3 Å². The van der Waals surface area contributed by atoms with Crippen LogP contribution in [-0.2, 0) is 14.7 Å². The first-order valence-electron chi connectivity index (χ1n) is 13.1. The number of pyridine rings is 1. The first-order valence-corrected chi connectivity index (χ1v) is 13.1. The Bertz CT molecular complexity index is 1660. The molecule has 1 saturated heterocycles. The Hall–Kier alpha value is -3.41. The monoisotopic (exact) mass is 486 g/mol. The fourth-order valence-corrected chi connectivity index (χ4v) is 6.17. The maximum Gasteiger partial charge on any atom is 0.495 e. The van der Waals surface area contributed by atoms with Crippen molar-refractivity contribution in [2.24, 2.45) is 0 Å². The first-order chi connectivity index (χ1) is 17.6. The molecule has 1 aliphatic heterocycles. The van der Waals surface area contributed by atoms with Crippen LogP contribution in [0.3, 0.4) is 0 Å². The molecule has 5 heteroatoms. The van der Waals surface area contributed by atoms with Gasteiger partial charge in [0, 0.05) is 28.1 Å². The normalized spacial score (nSPS) is 18.9. The molecule has 0 radical (unpaired) electrons. The second kappa shape index (κ2) is 7.34. The highest BCUT2D eigenvalue weighted by Crippen LogP contribution is 2.49. The highest BCUT2D eigenvalue weighted by atomic mass is 16.7. The van der Waals surface area contributed by atoms with E-state index in [0.29, 0.717) is 0 Å². The number of aromatic nitrogens is 2. The van der Waals surface area contributed by atoms with Crippen LogP contribution in [0.1, 0.15) is 52.7 Å². The second-order valence-electron chi connectivity index (χ2n) is 11.9. The number of hydrogen-bond acceptors (Lipinski definition) is 3. The molecule has 7 rings (SSSR count). The Morgan fingerprint density at radius 2 is 1.46 bits per heavy atom. The minimum atomic E-state index is -0.400. The van der Waals surface area contributed by atoms with E-state index in [1.807, 2.05) is 12.3 Å². The number of benzene rings is 3. The van der Waals surface area contributed by atoms with Gasteiger partial charge in [0.05, 0.1) is 16.7 Å². The Kier molecular flexibility index (Phi) is 4.51. The predicted molar refractivity (Wildman–Crippen MR) is 152 cm³/mol. The molecular formula is C32H31BN2O2. The topological polar surface area (TPSA) is 36.3 Å². The van der Waals surface area contributed by atoms with Gasteiger partial charge in [-0.3, -0.25) is 4.57 Å². The predicted octanol–water partition coefficient (Wildman–Crippen LogP) is 6.78. The van der Waals surface area contributed by atoms with Gasteiger partial charge in [-0.25, -0.2) is 4.98 Å². The van der Waals surface area contributed by atoms with Gasteiger partial charge in [-0.15, -0.1) is 0 Å². The van der Waals surface area contributed by atoms with Crippen LogP contribution in [0, 0.1) is 0 Å². The average Bonchev–Trinajstić information content (AvgIpc) is 3.41. The lowest BCUT2D eigenvalue weighted by molar-refractivity contribution is 0.00578. The summed E-state index contributed by atoms with van der Waals surface area (Å²) >= 11 is 0. The fourth-order valence-electron chi connectivity index (χ4n) is 6.17. The van der Waals surface area contributed by atoms with Gasteiger partial charge in [0.25, 0.3) is 0 Å². The van der Waals surface area contributed by atoms with Crippen molar-refractivity contribution in [2.75, 3.05) is 0 Å². The molecule has 3 heterocycles. The Morgan fingerprint density at radius 1 is 0.730 bits per heavy atom. The van der Waals surface area contributed by atoms with Crippen LogP contribution in [0.15, 0.2) is 79.0 Å². The zero-order chi connectivity index (χ0) is 25.7. The van der Waals surface area contributed by atoms with Crippen LogP contribution in [0.25, 0.3) is 38.8 Å². The molecular weight excluding hydrogens is 455 g/mol. The van der Waals surface area contributed by atoms with Crippen LogP contribution in [0.2, 0.25) is 0 Å².